The molecular formula is C36H31F2N7O4. The van der Waals surface area contributed by atoms with Crippen LogP contribution >= 0.6 is 0 Å². The molecule has 1 aromatic carbocycles. The quantitative estimate of drug-likeness (QED) is 0.203. The molecule has 2 aliphatic carbocycles. The highest BCUT2D eigenvalue weighted by Gasteiger charge is 2.44. The monoisotopic (exact) mass is 663 g/mol. The molecule has 49 heavy (non-hydrogen) atoms. The number of pyridine rings is 2. The van der Waals surface area contributed by atoms with Gasteiger partial charge in [0.15, 0.2) is 17.2 Å². The number of ether oxygens (including phenoxy) is 2. The third-order valence-corrected chi connectivity index (χ3v) is 9.42. The van der Waals surface area contributed by atoms with Crippen LogP contribution in [0, 0.1) is 57.5 Å². The molecule has 13 heteroatoms. The molecule has 1 saturated carbocycles. The number of likely N-dealkylation sites (tertiary alicyclic amines) is 1. The van der Waals surface area contributed by atoms with Gasteiger partial charge in [-0.15, -0.1) is 0 Å². The molecule has 0 amide bonds. The average Bonchev–Trinajstić information content (AvgIpc) is 3.75. The summed E-state index contributed by atoms with van der Waals surface area (Å²) < 4.78 is 42.4. The predicted molar refractivity (Wildman–Crippen MR) is 170 cm³/mol. The van der Waals surface area contributed by atoms with E-state index in [0.717, 1.165) is 24.7 Å². The third-order valence-electron chi connectivity index (χ3n) is 9.42. The molecule has 2 atom stereocenters. The van der Waals surface area contributed by atoms with Crippen molar-refractivity contribution in [2.75, 3.05) is 13.1 Å². The zero-order valence-electron chi connectivity index (χ0n) is 26.4. The minimum absolute atomic E-state index is 0.0259. The van der Waals surface area contributed by atoms with Crippen molar-refractivity contribution < 1.29 is 28.2 Å². The molecule has 4 heterocycles. The molecule has 0 radical (unpaired) electrons. The van der Waals surface area contributed by atoms with E-state index in [1.807, 2.05) is 12.1 Å². The van der Waals surface area contributed by atoms with Crippen LogP contribution in [0.3, 0.4) is 0 Å². The molecule has 0 bridgehead atoms. The van der Waals surface area contributed by atoms with Crippen molar-refractivity contribution in [1.29, 1.82) is 10.5 Å². The Morgan fingerprint density at radius 1 is 1.04 bits per heavy atom. The van der Waals surface area contributed by atoms with Crippen LogP contribution in [0.15, 0.2) is 42.5 Å². The summed E-state index contributed by atoms with van der Waals surface area (Å²) in [5.74, 6) is 3.09. The van der Waals surface area contributed by atoms with Gasteiger partial charge in [0.25, 0.3) is 0 Å². The molecule has 0 spiro atoms. The number of hydrogen-bond donors (Lipinski definition) is 1. The number of imidazole rings is 1. The second kappa shape index (κ2) is 13.1. The van der Waals surface area contributed by atoms with E-state index in [0.29, 0.717) is 62.3 Å². The van der Waals surface area contributed by atoms with E-state index in [2.05, 4.69) is 32.4 Å². The number of halogens is 2. The minimum atomic E-state index is -0.959. The molecule has 4 aromatic rings. The predicted octanol–water partition coefficient (Wildman–Crippen LogP) is 5.09. The SMILES string of the molecule is N#CCC1(Cn2c(CN3CCC(Oc4ccc(F)c(COc5ccc(C#N)cc5F)n4)CC3)nc3ccc(C4C#CC4C(=O)O)nc32)CC1. The second-order valence-corrected chi connectivity index (χ2v) is 12.8. The Morgan fingerprint density at radius 2 is 1.86 bits per heavy atom. The number of carbonyl (C=O) groups is 1. The van der Waals surface area contributed by atoms with E-state index >= 15 is 0 Å². The highest BCUT2D eigenvalue weighted by Crippen LogP contribution is 2.50. The normalized spacial score (nSPS) is 19.6. The lowest BCUT2D eigenvalue weighted by molar-refractivity contribution is -0.140. The number of aromatic nitrogens is 4. The maximum absolute atomic E-state index is 14.5. The molecule has 3 aliphatic rings. The van der Waals surface area contributed by atoms with Crippen molar-refractivity contribution in [3.8, 4) is 35.6 Å². The number of hydrogen-bond acceptors (Lipinski definition) is 9. The minimum Gasteiger partial charge on any atom is -0.484 e. The molecule has 2 unspecified atom stereocenters. The highest BCUT2D eigenvalue weighted by molar-refractivity contribution is 5.79. The summed E-state index contributed by atoms with van der Waals surface area (Å²) in [5.41, 5.74) is 2.02. The van der Waals surface area contributed by atoms with Gasteiger partial charge in [-0.25, -0.2) is 23.7 Å². The number of piperidine rings is 1. The van der Waals surface area contributed by atoms with E-state index in [4.69, 9.17) is 24.7 Å². The molecule has 2 fully saturated rings. The van der Waals surface area contributed by atoms with Gasteiger partial charge in [0.2, 0.25) is 5.88 Å². The van der Waals surface area contributed by atoms with Crippen LogP contribution in [0.25, 0.3) is 11.2 Å². The summed E-state index contributed by atoms with van der Waals surface area (Å²) in [6, 6.07) is 14.3. The summed E-state index contributed by atoms with van der Waals surface area (Å²) in [6.07, 6.45) is 3.59. The summed E-state index contributed by atoms with van der Waals surface area (Å²) in [5, 5.41) is 27.9. The lowest BCUT2D eigenvalue weighted by Crippen LogP contribution is -2.38. The van der Waals surface area contributed by atoms with Crippen molar-refractivity contribution in [2.24, 2.45) is 11.3 Å². The summed E-state index contributed by atoms with van der Waals surface area (Å²) >= 11 is 0. The van der Waals surface area contributed by atoms with Crippen LogP contribution in [-0.4, -0.2) is 54.7 Å². The third kappa shape index (κ3) is 6.74. The number of carboxylic acids is 1. The van der Waals surface area contributed by atoms with Crippen LogP contribution in [0.4, 0.5) is 8.78 Å². The van der Waals surface area contributed by atoms with E-state index in [9.17, 15) is 23.9 Å². The van der Waals surface area contributed by atoms with Crippen molar-refractivity contribution in [3.05, 3.63) is 76.9 Å². The first-order chi connectivity index (χ1) is 23.7. The number of nitriles is 2. The Balaban J connectivity index is 1.01. The number of aliphatic carboxylic acids is 1. The topological polar surface area (TPSA) is 150 Å². The Labute approximate surface area is 280 Å². The molecule has 248 valence electrons. The smallest absolute Gasteiger partial charge is 0.320 e. The van der Waals surface area contributed by atoms with E-state index in [-0.39, 0.29) is 41.0 Å². The van der Waals surface area contributed by atoms with Gasteiger partial charge in [0, 0.05) is 37.5 Å². The van der Waals surface area contributed by atoms with Crippen LogP contribution in [-0.2, 0) is 24.5 Å². The Bertz CT molecular complexity index is 2080. The molecule has 7 rings (SSSR count). The van der Waals surface area contributed by atoms with Gasteiger partial charge in [-0.3, -0.25) is 9.69 Å². The fourth-order valence-corrected chi connectivity index (χ4v) is 6.31. The first-order valence-electron chi connectivity index (χ1n) is 16.1. The molecule has 1 saturated heterocycles. The number of benzene rings is 1. The summed E-state index contributed by atoms with van der Waals surface area (Å²) in [4.78, 5) is 28.0. The summed E-state index contributed by atoms with van der Waals surface area (Å²) in [6.45, 7) is 2.28. The van der Waals surface area contributed by atoms with Gasteiger partial charge in [-0.05, 0) is 62.1 Å². The van der Waals surface area contributed by atoms with Crippen molar-refractivity contribution in [2.45, 2.75) is 63.8 Å². The van der Waals surface area contributed by atoms with Gasteiger partial charge in [0.05, 0.1) is 35.9 Å². The molecule has 1 aliphatic heterocycles. The molecule has 3 aromatic heterocycles. The van der Waals surface area contributed by atoms with Gasteiger partial charge in [-0.1, -0.05) is 11.8 Å². The average molecular weight is 664 g/mol. The van der Waals surface area contributed by atoms with E-state index < -0.39 is 29.4 Å². The Morgan fingerprint density at radius 3 is 2.53 bits per heavy atom. The maximum atomic E-state index is 14.5. The molecule has 11 nitrogen and oxygen atoms in total. The van der Waals surface area contributed by atoms with Crippen LogP contribution < -0.4 is 9.47 Å². The second-order valence-electron chi connectivity index (χ2n) is 12.8. The van der Waals surface area contributed by atoms with Gasteiger partial charge >= 0.3 is 5.97 Å². The van der Waals surface area contributed by atoms with Crippen LogP contribution in [0.1, 0.15) is 60.8 Å². The number of nitrogens with zero attached hydrogens (tertiary/aromatic N) is 7. The largest absolute Gasteiger partial charge is 0.484 e. The standard InChI is InChI=1S/C36H31F2N7O4/c37-26-4-8-33(42-30(26)20-48-31-7-1-22(18-40)17-27(31)38)49-23-9-15-44(16-10-23)19-32-41-29-6-5-28(24-2-3-25(24)35(46)47)43-34(29)45(32)21-36(11-12-36)13-14-39/h1,4-8,17,23-25H,9-13,15-16,19-21H2,(H,46,47). The zero-order chi connectivity index (χ0) is 34.1. The lowest BCUT2D eigenvalue weighted by atomic mass is 9.83. The maximum Gasteiger partial charge on any atom is 0.320 e. The number of carboxylic acid groups (broad SMARTS) is 1. The zero-order valence-corrected chi connectivity index (χ0v) is 26.4. The van der Waals surface area contributed by atoms with Crippen molar-refractivity contribution >= 4 is 17.1 Å². The number of rotatable bonds is 12. The summed E-state index contributed by atoms with van der Waals surface area (Å²) in [7, 11) is 0. The van der Waals surface area contributed by atoms with E-state index in [1.165, 1.54) is 24.3 Å². The van der Waals surface area contributed by atoms with Crippen LogP contribution in [0.5, 0.6) is 11.6 Å². The van der Waals surface area contributed by atoms with Gasteiger partial charge < -0.3 is 19.1 Å². The molecular weight excluding hydrogens is 632 g/mol. The van der Waals surface area contributed by atoms with Gasteiger partial charge in [0.1, 0.15) is 41.5 Å². The lowest BCUT2D eigenvalue weighted by Gasteiger charge is -2.32. The fourth-order valence-electron chi connectivity index (χ4n) is 6.31. The highest BCUT2D eigenvalue weighted by atomic mass is 19.1. The van der Waals surface area contributed by atoms with Gasteiger partial charge in [-0.2, -0.15) is 10.5 Å². The molecule has 1 N–H and O–H groups in total. The fraction of sp³-hybridized carbons (Fsp3) is 0.389. The first-order valence-corrected chi connectivity index (χ1v) is 16.1. The Hall–Kier alpha value is -5.58. The van der Waals surface area contributed by atoms with Crippen LogP contribution in [0.2, 0.25) is 0 Å². The van der Waals surface area contributed by atoms with E-state index in [1.54, 1.807) is 6.07 Å². The van der Waals surface area contributed by atoms with Crippen molar-refractivity contribution in [3.63, 3.8) is 0 Å². The van der Waals surface area contributed by atoms with Crippen molar-refractivity contribution in [1.82, 2.24) is 24.4 Å². The number of fused-ring (bicyclic) bond motifs is 1. The Kier molecular flexibility index (Phi) is 8.58. The first kappa shape index (κ1) is 32.0.